The summed E-state index contributed by atoms with van der Waals surface area (Å²) in [4.78, 5) is 18.6. The number of imidazole rings is 1. The molecule has 0 radical (unpaired) electrons. The Bertz CT molecular complexity index is 950. The number of rotatable bonds is 3. The van der Waals surface area contributed by atoms with Crippen LogP contribution in [0.4, 0.5) is 16.3 Å². The minimum Gasteiger partial charge on any atom is -0.364 e. The van der Waals surface area contributed by atoms with E-state index in [2.05, 4.69) is 20.7 Å². The maximum absolute atomic E-state index is 12.6. The maximum atomic E-state index is 12.6. The van der Waals surface area contributed by atoms with Crippen LogP contribution in [0.5, 0.6) is 0 Å². The van der Waals surface area contributed by atoms with Gasteiger partial charge in [-0.1, -0.05) is 12.1 Å². The fourth-order valence-electron chi connectivity index (χ4n) is 3.23. The van der Waals surface area contributed by atoms with Crippen molar-refractivity contribution in [3.63, 3.8) is 0 Å². The topological polar surface area (TPSA) is 74.6 Å². The standard InChI is InChI=1S/C19H22N6O/c1-13-3-4-14(2)16(11-13)22-19(26)24-9-7-15(12-24)21-17-5-6-18-20-8-10-25(18)23-17/h3-6,8,10-11,15H,7,9,12H2,1-2H3,(H,21,23)(H,22,26). The molecule has 4 rings (SSSR count). The maximum Gasteiger partial charge on any atom is 0.321 e. The summed E-state index contributed by atoms with van der Waals surface area (Å²) >= 11 is 0. The van der Waals surface area contributed by atoms with Gasteiger partial charge in [0.2, 0.25) is 0 Å². The highest BCUT2D eigenvalue weighted by molar-refractivity contribution is 5.90. The number of nitrogens with zero attached hydrogens (tertiary/aromatic N) is 4. The minimum absolute atomic E-state index is 0.0546. The third-order valence-corrected chi connectivity index (χ3v) is 4.72. The Kier molecular flexibility index (Phi) is 4.20. The first kappa shape index (κ1) is 16.4. The van der Waals surface area contributed by atoms with Crippen LogP contribution in [-0.4, -0.2) is 44.7 Å². The molecule has 1 unspecified atom stereocenters. The van der Waals surface area contributed by atoms with E-state index in [0.29, 0.717) is 6.54 Å². The average molecular weight is 350 g/mol. The molecule has 0 bridgehead atoms. The molecule has 0 aliphatic carbocycles. The zero-order chi connectivity index (χ0) is 18.1. The molecule has 2 N–H and O–H groups in total. The second kappa shape index (κ2) is 6.67. The van der Waals surface area contributed by atoms with Crippen molar-refractivity contribution in [2.45, 2.75) is 26.3 Å². The van der Waals surface area contributed by atoms with Crippen LogP contribution in [-0.2, 0) is 0 Å². The van der Waals surface area contributed by atoms with Gasteiger partial charge in [-0.15, -0.1) is 5.10 Å². The number of hydrogen-bond donors (Lipinski definition) is 2. The molecule has 1 atom stereocenters. The van der Waals surface area contributed by atoms with Gasteiger partial charge in [-0.05, 0) is 49.6 Å². The molecule has 3 heterocycles. The quantitative estimate of drug-likeness (QED) is 0.761. The van der Waals surface area contributed by atoms with E-state index in [-0.39, 0.29) is 12.1 Å². The lowest BCUT2D eigenvalue weighted by atomic mass is 10.1. The van der Waals surface area contributed by atoms with Crippen molar-refractivity contribution in [1.82, 2.24) is 19.5 Å². The van der Waals surface area contributed by atoms with Gasteiger partial charge in [-0.25, -0.2) is 14.3 Å². The second-order valence-electron chi connectivity index (χ2n) is 6.77. The van der Waals surface area contributed by atoms with Crippen molar-refractivity contribution in [1.29, 1.82) is 0 Å². The molecule has 0 spiro atoms. The molecule has 3 aromatic rings. The highest BCUT2D eigenvalue weighted by Crippen LogP contribution is 2.19. The highest BCUT2D eigenvalue weighted by Gasteiger charge is 2.26. The van der Waals surface area contributed by atoms with Crippen molar-refractivity contribution < 1.29 is 4.79 Å². The summed E-state index contributed by atoms with van der Waals surface area (Å²) in [5.74, 6) is 0.789. The van der Waals surface area contributed by atoms with Crippen LogP contribution in [0.2, 0.25) is 0 Å². The molecule has 1 aliphatic heterocycles. The van der Waals surface area contributed by atoms with Crippen LogP contribution in [0, 0.1) is 13.8 Å². The number of likely N-dealkylation sites (tertiary alicyclic amines) is 1. The number of fused-ring (bicyclic) bond motifs is 1. The van der Waals surface area contributed by atoms with Gasteiger partial charge in [0, 0.05) is 37.2 Å². The number of anilines is 2. The fourth-order valence-corrected chi connectivity index (χ4v) is 3.23. The van der Waals surface area contributed by atoms with E-state index < -0.39 is 0 Å². The predicted octanol–water partition coefficient (Wildman–Crippen LogP) is 3.06. The van der Waals surface area contributed by atoms with Crippen molar-refractivity contribution in [2.24, 2.45) is 0 Å². The predicted molar refractivity (Wildman–Crippen MR) is 102 cm³/mol. The highest BCUT2D eigenvalue weighted by atomic mass is 16.2. The summed E-state index contributed by atoms with van der Waals surface area (Å²) in [5, 5.41) is 10.9. The molecule has 2 aromatic heterocycles. The smallest absolute Gasteiger partial charge is 0.321 e. The van der Waals surface area contributed by atoms with Gasteiger partial charge in [-0.3, -0.25) is 0 Å². The number of aromatic nitrogens is 3. The number of nitrogens with one attached hydrogen (secondary N) is 2. The van der Waals surface area contributed by atoms with E-state index >= 15 is 0 Å². The number of amides is 2. The normalized spacial score (nSPS) is 16.8. The van der Waals surface area contributed by atoms with Crippen molar-refractivity contribution in [2.75, 3.05) is 23.7 Å². The van der Waals surface area contributed by atoms with Gasteiger partial charge in [0.25, 0.3) is 0 Å². The largest absolute Gasteiger partial charge is 0.364 e. The van der Waals surface area contributed by atoms with Gasteiger partial charge in [0.1, 0.15) is 5.82 Å². The Hall–Kier alpha value is -3.09. The summed E-state index contributed by atoms with van der Waals surface area (Å²) in [6, 6.07) is 10.1. The van der Waals surface area contributed by atoms with Crippen LogP contribution < -0.4 is 10.6 Å². The molecule has 2 amide bonds. The SMILES string of the molecule is Cc1ccc(C)c(NC(=O)N2CCC(Nc3ccc4nccn4n3)C2)c1. The van der Waals surface area contributed by atoms with Crippen LogP contribution in [0.3, 0.4) is 0 Å². The van der Waals surface area contributed by atoms with Crippen molar-refractivity contribution >= 4 is 23.2 Å². The van der Waals surface area contributed by atoms with E-state index in [1.807, 2.05) is 55.3 Å². The van der Waals surface area contributed by atoms with Crippen molar-refractivity contribution in [3.05, 3.63) is 53.9 Å². The van der Waals surface area contributed by atoms with E-state index in [4.69, 9.17) is 0 Å². The zero-order valence-corrected chi connectivity index (χ0v) is 14.9. The third-order valence-electron chi connectivity index (χ3n) is 4.72. The molecule has 1 saturated heterocycles. The third kappa shape index (κ3) is 3.33. The van der Waals surface area contributed by atoms with Crippen LogP contribution in [0.1, 0.15) is 17.5 Å². The lowest BCUT2D eigenvalue weighted by Gasteiger charge is -2.19. The van der Waals surface area contributed by atoms with Crippen LogP contribution in [0.15, 0.2) is 42.7 Å². The molecule has 1 aromatic carbocycles. The number of carbonyl (C=O) groups excluding carboxylic acids is 1. The lowest BCUT2D eigenvalue weighted by Crippen LogP contribution is -2.35. The lowest BCUT2D eigenvalue weighted by molar-refractivity contribution is 0.222. The Labute approximate surface area is 152 Å². The molecule has 1 aliphatic rings. The van der Waals surface area contributed by atoms with Gasteiger partial charge in [-0.2, -0.15) is 0 Å². The number of benzene rings is 1. The molecule has 0 saturated carbocycles. The Morgan fingerprint density at radius 1 is 1.23 bits per heavy atom. The summed E-state index contributed by atoms with van der Waals surface area (Å²) in [6.45, 7) is 5.40. The Balaban J connectivity index is 1.38. The Morgan fingerprint density at radius 2 is 2.12 bits per heavy atom. The zero-order valence-electron chi connectivity index (χ0n) is 14.9. The summed E-state index contributed by atoms with van der Waals surface area (Å²) in [7, 11) is 0. The molecule has 7 heteroatoms. The van der Waals surface area contributed by atoms with Crippen LogP contribution >= 0.6 is 0 Å². The van der Waals surface area contributed by atoms with Gasteiger partial charge in [0.15, 0.2) is 5.65 Å². The second-order valence-corrected chi connectivity index (χ2v) is 6.77. The summed E-state index contributed by atoms with van der Waals surface area (Å²) in [6.07, 6.45) is 4.43. The summed E-state index contributed by atoms with van der Waals surface area (Å²) in [5.41, 5.74) is 3.89. The molecular formula is C19H22N6O. The van der Waals surface area contributed by atoms with Gasteiger partial charge >= 0.3 is 6.03 Å². The summed E-state index contributed by atoms with van der Waals surface area (Å²) < 4.78 is 1.74. The monoisotopic (exact) mass is 350 g/mol. The average Bonchev–Trinajstić information content (AvgIpc) is 3.27. The first-order chi connectivity index (χ1) is 12.6. The molecular weight excluding hydrogens is 328 g/mol. The van der Waals surface area contributed by atoms with E-state index in [9.17, 15) is 4.79 Å². The van der Waals surface area contributed by atoms with Gasteiger partial charge < -0.3 is 15.5 Å². The fraction of sp³-hybridized carbons (Fsp3) is 0.316. The van der Waals surface area contributed by atoms with E-state index in [1.54, 1.807) is 10.7 Å². The molecule has 7 nitrogen and oxygen atoms in total. The molecule has 26 heavy (non-hydrogen) atoms. The number of carbonyl (C=O) groups is 1. The van der Waals surface area contributed by atoms with Crippen LogP contribution in [0.25, 0.3) is 5.65 Å². The number of aryl methyl sites for hydroxylation is 2. The number of hydrogen-bond acceptors (Lipinski definition) is 4. The first-order valence-corrected chi connectivity index (χ1v) is 8.78. The van der Waals surface area contributed by atoms with Gasteiger partial charge in [0.05, 0.1) is 0 Å². The Morgan fingerprint density at radius 3 is 3.00 bits per heavy atom. The van der Waals surface area contributed by atoms with E-state index in [0.717, 1.165) is 41.2 Å². The molecule has 134 valence electrons. The van der Waals surface area contributed by atoms with E-state index in [1.165, 1.54) is 0 Å². The first-order valence-electron chi connectivity index (χ1n) is 8.78. The van der Waals surface area contributed by atoms with Crippen molar-refractivity contribution in [3.8, 4) is 0 Å². The molecule has 1 fully saturated rings. The minimum atomic E-state index is -0.0546. The number of urea groups is 1.